The highest BCUT2D eigenvalue weighted by molar-refractivity contribution is 9.10. The molecule has 0 N–H and O–H groups in total. The molecule has 0 atom stereocenters. The summed E-state index contributed by atoms with van der Waals surface area (Å²) in [5.41, 5.74) is 0.779. The normalized spacial score (nSPS) is 18.4. The molecule has 1 saturated heterocycles. The highest BCUT2D eigenvalue weighted by Gasteiger charge is 2.27. The van der Waals surface area contributed by atoms with E-state index in [2.05, 4.69) is 29.8 Å². The van der Waals surface area contributed by atoms with Crippen molar-refractivity contribution in [3.63, 3.8) is 0 Å². The molecular weight excluding hydrogens is 309 g/mol. The molecule has 1 heterocycles. The lowest BCUT2D eigenvalue weighted by molar-refractivity contribution is -0.132. The molecule has 1 fully saturated rings. The van der Waals surface area contributed by atoms with Crippen molar-refractivity contribution in [2.45, 2.75) is 33.1 Å². The first-order valence-corrected chi connectivity index (χ1v) is 7.38. The Balaban J connectivity index is 2.00. The van der Waals surface area contributed by atoms with Crippen LogP contribution in [0.15, 0.2) is 22.7 Å². The van der Waals surface area contributed by atoms with Gasteiger partial charge < -0.3 is 4.90 Å². The molecular formula is C15H19BrFNO. The standard InChI is InChI=1S/C15H19BrFNO/c1-15(2)5-7-18(8-6-15)14(19)10-11-9-12(16)3-4-13(11)17/h3-4,9H,5-8,10H2,1-2H3. The molecule has 0 aliphatic carbocycles. The van der Waals surface area contributed by atoms with Gasteiger partial charge in [-0.05, 0) is 42.0 Å². The summed E-state index contributed by atoms with van der Waals surface area (Å²) in [6.07, 6.45) is 2.17. The number of benzene rings is 1. The second kappa shape index (κ2) is 5.61. The number of rotatable bonds is 2. The number of piperidine rings is 1. The minimum atomic E-state index is -0.311. The largest absolute Gasteiger partial charge is 0.342 e. The van der Waals surface area contributed by atoms with Crippen molar-refractivity contribution in [2.24, 2.45) is 5.41 Å². The molecule has 19 heavy (non-hydrogen) atoms. The minimum absolute atomic E-state index is 0.0208. The number of amides is 1. The summed E-state index contributed by atoms with van der Waals surface area (Å²) in [5.74, 6) is -0.290. The van der Waals surface area contributed by atoms with Gasteiger partial charge in [0.25, 0.3) is 0 Å². The molecule has 1 aromatic carbocycles. The van der Waals surface area contributed by atoms with E-state index in [0.29, 0.717) is 11.0 Å². The van der Waals surface area contributed by atoms with Crippen LogP contribution in [0.1, 0.15) is 32.3 Å². The Morgan fingerprint density at radius 2 is 2.00 bits per heavy atom. The molecule has 0 spiro atoms. The molecule has 0 aromatic heterocycles. The predicted octanol–water partition coefficient (Wildman–Crippen LogP) is 3.78. The Hall–Kier alpha value is -0.900. The van der Waals surface area contributed by atoms with Crippen LogP contribution in [0.5, 0.6) is 0 Å². The highest BCUT2D eigenvalue weighted by Crippen LogP contribution is 2.30. The number of nitrogens with zero attached hydrogens (tertiary/aromatic N) is 1. The van der Waals surface area contributed by atoms with Crippen LogP contribution in [0.4, 0.5) is 4.39 Å². The first-order chi connectivity index (χ1) is 8.87. The van der Waals surface area contributed by atoms with Gasteiger partial charge >= 0.3 is 0 Å². The van der Waals surface area contributed by atoms with E-state index < -0.39 is 0 Å². The van der Waals surface area contributed by atoms with Gasteiger partial charge in [-0.3, -0.25) is 4.79 Å². The molecule has 0 radical (unpaired) electrons. The number of halogens is 2. The third kappa shape index (κ3) is 3.78. The van der Waals surface area contributed by atoms with E-state index in [-0.39, 0.29) is 18.1 Å². The van der Waals surface area contributed by atoms with Crippen LogP contribution >= 0.6 is 15.9 Å². The SMILES string of the molecule is CC1(C)CCN(C(=O)Cc2cc(Br)ccc2F)CC1. The monoisotopic (exact) mass is 327 g/mol. The van der Waals surface area contributed by atoms with Crippen LogP contribution in [0, 0.1) is 11.2 Å². The number of hydrogen-bond donors (Lipinski definition) is 0. The van der Waals surface area contributed by atoms with Crippen LogP contribution in [0.2, 0.25) is 0 Å². The van der Waals surface area contributed by atoms with Crippen LogP contribution in [0.25, 0.3) is 0 Å². The molecule has 104 valence electrons. The third-order valence-electron chi connectivity index (χ3n) is 3.82. The van der Waals surface area contributed by atoms with E-state index in [4.69, 9.17) is 0 Å². The lowest BCUT2D eigenvalue weighted by Gasteiger charge is -2.37. The van der Waals surface area contributed by atoms with Gasteiger partial charge in [0.05, 0.1) is 6.42 Å². The Morgan fingerprint density at radius 1 is 1.37 bits per heavy atom. The van der Waals surface area contributed by atoms with E-state index in [9.17, 15) is 9.18 Å². The smallest absolute Gasteiger partial charge is 0.227 e. The Kier molecular flexibility index (Phi) is 4.29. The van der Waals surface area contributed by atoms with Gasteiger partial charge in [0, 0.05) is 17.6 Å². The lowest BCUT2D eigenvalue weighted by Crippen LogP contribution is -2.41. The van der Waals surface area contributed by atoms with Crippen LogP contribution in [-0.2, 0) is 11.2 Å². The number of carbonyl (C=O) groups excluding carboxylic acids is 1. The predicted molar refractivity (Wildman–Crippen MR) is 77.4 cm³/mol. The fourth-order valence-electron chi connectivity index (χ4n) is 2.31. The summed E-state index contributed by atoms with van der Waals surface area (Å²) >= 11 is 3.31. The van der Waals surface area contributed by atoms with Gasteiger partial charge in [-0.15, -0.1) is 0 Å². The molecule has 0 unspecified atom stereocenters. The zero-order chi connectivity index (χ0) is 14.0. The molecule has 4 heteroatoms. The van der Waals surface area contributed by atoms with Gasteiger partial charge in [0.15, 0.2) is 0 Å². The van der Waals surface area contributed by atoms with E-state index in [1.54, 1.807) is 12.1 Å². The zero-order valence-electron chi connectivity index (χ0n) is 11.4. The van der Waals surface area contributed by atoms with Crippen LogP contribution < -0.4 is 0 Å². The summed E-state index contributed by atoms with van der Waals surface area (Å²) in [5, 5.41) is 0. The van der Waals surface area contributed by atoms with Gasteiger partial charge in [-0.25, -0.2) is 4.39 Å². The van der Waals surface area contributed by atoms with E-state index in [0.717, 1.165) is 30.4 Å². The summed E-state index contributed by atoms with van der Waals surface area (Å²) in [6.45, 7) is 6.01. The third-order valence-corrected chi connectivity index (χ3v) is 4.31. The van der Waals surface area contributed by atoms with Crippen molar-refractivity contribution >= 4 is 21.8 Å². The zero-order valence-corrected chi connectivity index (χ0v) is 13.0. The van der Waals surface area contributed by atoms with E-state index in [1.807, 2.05) is 4.90 Å². The summed E-state index contributed by atoms with van der Waals surface area (Å²) < 4.78 is 14.4. The molecule has 1 amide bonds. The quantitative estimate of drug-likeness (QED) is 0.809. The second-order valence-electron chi connectivity index (χ2n) is 5.96. The molecule has 0 bridgehead atoms. The topological polar surface area (TPSA) is 20.3 Å². The molecule has 1 aliphatic heterocycles. The van der Waals surface area contributed by atoms with Gasteiger partial charge in [-0.1, -0.05) is 29.8 Å². The molecule has 1 aromatic rings. The maximum Gasteiger partial charge on any atom is 0.227 e. The Labute approximate surface area is 122 Å². The Bertz CT molecular complexity index is 477. The molecule has 1 aliphatic rings. The average Bonchev–Trinajstić information content (AvgIpc) is 2.33. The molecule has 2 rings (SSSR count). The lowest BCUT2D eigenvalue weighted by atomic mass is 9.82. The van der Waals surface area contributed by atoms with Crippen molar-refractivity contribution in [3.05, 3.63) is 34.1 Å². The Morgan fingerprint density at radius 3 is 2.63 bits per heavy atom. The number of likely N-dealkylation sites (tertiary alicyclic amines) is 1. The van der Waals surface area contributed by atoms with E-state index >= 15 is 0 Å². The minimum Gasteiger partial charge on any atom is -0.342 e. The second-order valence-corrected chi connectivity index (χ2v) is 6.87. The maximum atomic E-state index is 13.6. The molecule has 0 saturated carbocycles. The number of hydrogen-bond acceptors (Lipinski definition) is 1. The first kappa shape index (κ1) is 14.5. The van der Waals surface area contributed by atoms with Crippen molar-refractivity contribution in [3.8, 4) is 0 Å². The van der Waals surface area contributed by atoms with Gasteiger partial charge in [-0.2, -0.15) is 0 Å². The van der Waals surface area contributed by atoms with Crippen molar-refractivity contribution in [1.82, 2.24) is 4.90 Å². The summed E-state index contributed by atoms with van der Waals surface area (Å²) in [7, 11) is 0. The number of carbonyl (C=O) groups is 1. The van der Waals surface area contributed by atoms with Crippen LogP contribution in [-0.4, -0.2) is 23.9 Å². The summed E-state index contributed by atoms with van der Waals surface area (Å²) in [6, 6.07) is 4.72. The van der Waals surface area contributed by atoms with Crippen molar-refractivity contribution in [2.75, 3.05) is 13.1 Å². The summed E-state index contributed by atoms with van der Waals surface area (Å²) in [4.78, 5) is 14.0. The fraction of sp³-hybridized carbons (Fsp3) is 0.533. The average molecular weight is 328 g/mol. The van der Waals surface area contributed by atoms with E-state index in [1.165, 1.54) is 6.07 Å². The maximum absolute atomic E-state index is 13.6. The van der Waals surface area contributed by atoms with Gasteiger partial charge in [0.2, 0.25) is 5.91 Å². The van der Waals surface area contributed by atoms with Gasteiger partial charge in [0.1, 0.15) is 5.82 Å². The van der Waals surface area contributed by atoms with Crippen LogP contribution in [0.3, 0.4) is 0 Å². The van der Waals surface area contributed by atoms with Crippen molar-refractivity contribution in [1.29, 1.82) is 0 Å². The fourth-order valence-corrected chi connectivity index (χ4v) is 2.72. The first-order valence-electron chi connectivity index (χ1n) is 6.59. The molecule has 2 nitrogen and oxygen atoms in total. The van der Waals surface area contributed by atoms with Crippen molar-refractivity contribution < 1.29 is 9.18 Å². The highest BCUT2D eigenvalue weighted by atomic mass is 79.9.